The molecule has 3 heterocycles. The maximum absolute atomic E-state index is 5.63. The maximum atomic E-state index is 5.63. The molecule has 5 atom stereocenters. The molecular formula is C17H27N5O2. The zero-order valence-electron chi connectivity index (χ0n) is 14.4. The second-order valence-corrected chi connectivity index (χ2v) is 7.14. The number of nitrogens with zero attached hydrogens (tertiary/aromatic N) is 3. The van der Waals surface area contributed by atoms with Crippen LogP contribution in [0, 0.1) is 5.92 Å². The van der Waals surface area contributed by atoms with E-state index in [2.05, 4.69) is 38.7 Å². The minimum Gasteiger partial charge on any atom is -0.381 e. The van der Waals surface area contributed by atoms with Crippen LogP contribution >= 0.6 is 0 Å². The van der Waals surface area contributed by atoms with Crippen molar-refractivity contribution >= 4 is 5.82 Å². The summed E-state index contributed by atoms with van der Waals surface area (Å²) in [7, 11) is 1.82. The van der Waals surface area contributed by atoms with Crippen molar-refractivity contribution in [2.45, 2.75) is 50.5 Å². The summed E-state index contributed by atoms with van der Waals surface area (Å²) in [5.74, 6) is 1.51. The van der Waals surface area contributed by atoms with Crippen LogP contribution in [0.5, 0.6) is 0 Å². The minimum absolute atomic E-state index is 0.216. The Hall–Kier alpha value is -1.28. The number of methoxy groups -OCH3 is 1. The first-order valence-electron chi connectivity index (χ1n) is 8.97. The van der Waals surface area contributed by atoms with Crippen molar-refractivity contribution in [2.75, 3.05) is 31.7 Å². The highest BCUT2D eigenvalue weighted by atomic mass is 16.5. The lowest BCUT2D eigenvalue weighted by atomic mass is 9.79. The second kappa shape index (κ2) is 6.92. The highest BCUT2D eigenvalue weighted by molar-refractivity contribution is 5.40. The Balaban J connectivity index is 1.52. The number of hydrazine groups is 1. The van der Waals surface area contributed by atoms with Gasteiger partial charge in [0.25, 0.3) is 0 Å². The van der Waals surface area contributed by atoms with E-state index in [1.54, 1.807) is 6.33 Å². The standard InChI is InChI=1S/C17H27N5O2/c1-11-9-22(5-6-24-11)16-8-15(18-10-19-16)17-13-7-12(23-2)3-4-14(13)20-21-17/h8,10-14,17,20-21H,3-7,9H2,1-2H3/t11-,12?,13?,14?,17?/m0/s1. The molecule has 0 aromatic carbocycles. The van der Waals surface area contributed by atoms with Crippen LogP contribution in [0.1, 0.15) is 37.9 Å². The third-order valence-electron chi connectivity index (χ3n) is 5.59. The van der Waals surface area contributed by atoms with Gasteiger partial charge in [0.15, 0.2) is 0 Å². The van der Waals surface area contributed by atoms with Gasteiger partial charge in [-0.25, -0.2) is 15.4 Å². The topological polar surface area (TPSA) is 71.5 Å². The molecule has 7 heteroatoms. The Bertz CT molecular complexity index is 572. The predicted molar refractivity (Wildman–Crippen MR) is 90.6 cm³/mol. The average Bonchev–Trinajstić information content (AvgIpc) is 3.05. The van der Waals surface area contributed by atoms with E-state index in [1.807, 2.05) is 7.11 Å². The molecule has 0 bridgehead atoms. The molecule has 0 amide bonds. The number of hydrogen-bond donors (Lipinski definition) is 2. The molecular weight excluding hydrogens is 306 g/mol. The van der Waals surface area contributed by atoms with Crippen LogP contribution in [0.4, 0.5) is 5.82 Å². The summed E-state index contributed by atoms with van der Waals surface area (Å²) in [6.07, 6.45) is 5.63. The van der Waals surface area contributed by atoms with E-state index in [0.29, 0.717) is 18.1 Å². The molecule has 3 fully saturated rings. The molecule has 1 aromatic rings. The van der Waals surface area contributed by atoms with Crippen LogP contribution in [-0.4, -0.2) is 55.0 Å². The van der Waals surface area contributed by atoms with Crippen LogP contribution in [0.25, 0.3) is 0 Å². The zero-order chi connectivity index (χ0) is 16.5. The third-order valence-corrected chi connectivity index (χ3v) is 5.59. The van der Waals surface area contributed by atoms with Crippen molar-refractivity contribution in [1.29, 1.82) is 0 Å². The van der Waals surface area contributed by atoms with Crippen LogP contribution in [0.3, 0.4) is 0 Å². The van der Waals surface area contributed by atoms with Gasteiger partial charge in [-0.3, -0.25) is 5.43 Å². The van der Waals surface area contributed by atoms with E-state index in [-0.39, 0.29) is 12.1 Å². The fraction of sp³-hybridized carbons (Fsp3) is 0.765. The fourth-order valence-electron chi connectivity index (χ4n) is 4.26. The predicted octanol–water partition coefficient (Wildman–Crippen LogP) is 1.03. The Kier molecular flexibility index (Phi) is 4.67. The van der Waals surface area contributed by atoms with Gasteiger partial charge in [-0.2, -0.15) is 0 Å². The summed E-state index contributed by atoms with van der Waals surface area (Å²) in [6, 6.07) is 2.85. The summed E-state index contributed by atoms with van der Waals surface area (Å²) < 4.78 is 11.2. The summed E-state index contributed by atoms with van der Waals surface area (Å²) in [6.45, 7) is 4.62. The summed E-state index contributed by atoms with van der Waals surface area (Å²) >= 11 is 0. The van der Waals surface area contributed by atoms with Crippen LogP contribution in [0.2, 0.25) is 0 Å². The van der Waals surface area contributed by atoms with Crippen LogP contribution in [0.15, 0.2) is 12.4 Å². The van der Waals surface area contributed by atoms with Gasteiger partial charge in [-0.15, -0.1) is 0 Å². The van der Waals surface area contributed by atoms with Gasteiger partial charge in [0.2, 0.25) is 0 Å². The van der Waals surface area contributed by atoms with Crippen molar-refractivity contribution in [2.24, 2.45) is 5.92 Å². The number of aromatic nitrogens is 2. The lowest BCUT2D eigenvalue weighted by Crippen LogP contribution is -2.41. The number of anilines is 1. The molecule has 1 aromatic heterocycles. The Morgan fingerprint density at radius 2 is 2.21 bits per heavy atom. The number of morpholine rings is 1. The van der Waals surface area contributed by atoms with Gasteiger partial charge >= 0.3 is 0 Å². The Morgan fingerprint density at radius 1 is 1.29 bits per heavy atom. The molecule has 2 saturated heterocycles. The third kappa shape index (κ3) is 3.13. The molecule has 1 saturated carbocycles. The quantitative estimate of drug-likeness (QED) is 0.856. The van der Waals surface area contributed by atoms with E-state index in [4.69, 9.17) is 9.47 Å². The molecule has 24 heavy (non-hydrogen) atoms. The average molecular weight is 333 g/mol. The van der Waals surface area contributed by atoms with Crippen molar-refractivity contribution in [3.05, 3.63) is 18.1 Å². The molecule has 0 radical (unpaired) electrons. The minimum atomic E-state index is 0.216. The van der Waals surface area contributed by atoms with Gasteiger partial charge in [-0.1, -0.05) is 0 Å². The lowest BCUT2D eigenvalue weighted by molar-refractivity contribution is 0.0436. The zero-order valence-corrected chi connectivity index (χ0v) is 14.4. The van der Waals surface area contributed by atoms with Crippen molar-refractivity contribution in [1.82, 2.24) is 20.8 Å². The molecule has 1 aliphatic carbocycles. The van der Waals surface area contributed by atoms with E-state index >= 15 is 0 Å². The first-order chi connectivity index (χ1) is 11.7. The summed E-state index contributed by atoms with van der Waals surface area (Å²) in [4.78, 5) is 11.3. The van der Waals surface area contributed by atoms with Gasteiger partial charge in [0, 0.05) is 38.2 Å². The molecule has 4 rings (SSSR count). The molecule has 0 spiro atoms. The fourth-order valence-corrected chi connectivity index (χ4v) is 4.26. The van der Waals surface area contributed by atoms with Gasteiger partial charge < -0.3 is 14.4 Å². The Labute approximate surface area is 143 Å². The van der Waals surface area contributed by atoms with Crippen LogP contribution in [-0.2, 0) is 9.47 Å². The number of rotatable bonds is 3. The van der Waals surface area contributed by atoms with Crippen molar-refractivity contribution < 1.29 is 9.47 Å². The number of hydrogen-bond acceptors (Lipinski definition) is 7. The highest BCUT2D eigenvalue weighted by Gasteiger charge is 2.41. The van der Waals surface area contributed by atoms with Gasteiger partial charge in [0.05, 0.1) is 30.6 Å². The lowest BCUT2D eigenvalue weighted by Gasteiger charge is -2.33. The highest BCUT2D eigenvalue weighted by Crippen LogP contribution is 2.38. The van der Waals surface area contributed by atoms with Gasteiger partial charge in [-0.05, 0) is 26.2 Å². The SMILES string of the molecule is COC1CCC2NNC(c3cc(N4CCO[C@@H](C)C4)ncn3)C2C1. The number of ether oxygens (including phenoxy) is 2. The number of nitrogens with one attached hydrogen (secondary N) is 2. The van der Waals surface area contributed by atoms with E-state index in [1.165, 1.54) is 0 Å². The smallest absolute Gasteiger partial charge is 0.132 e. The molecule has 2 aliphatic heterocycles. The largest absolute Gasteiger partial charge is 0.381 e. The normalized spacial score (nSPS) is 36.6. The van der Waals surface area contributed by atoms with Crippen LogP contribution < -0.4 is 15.8 Å². The molecule has 7 nitrogen and oxygen atoms in total. The molecule has 3 aliphatic rings. The first-order valence-corrected chi connectivity index (χ1v) is 8.97. The van der Waals surface area contributed by atoms with E-state index in [9.17, 15) is 0 Å². The summed E-state index contributed by atoms with van der Waals surface area (Å²) in [5, 5.41) is 0. The number of fused-ring (bicyclic) bond motifs is 1. The monoisotopic (exact) mass is 333 g/mol. The Morgan fingerprint density at radius 3 is 3.04 bits per heavy atom. The maximum Gasteiger partial charge on any atom is 0.132 e. The van der Waals surface area contributed by atoms with Gasteiger partial charge in [0.1, 0.15) is 12.1 Å². The summed E-state index contributed by atoms with van der Waals surface area (Å²) in [5.41, 5.74) is 7.98. The van der Waals surface area contributed by atoms with Crippen molar-refractivity contribution in [3.63, 3.8) is 0 Å². The molecule has 132 valence electrons. The van der Waals surface area contributed by atoms with E-state index in [0.717, 1.165) is 50.5 Å². The van der Waals surface area contributed by atoms with E-state index < -0.39 is 0 Å². The first kappa shape index (κ1) is 16.2. The second-order valence-electron chi connectivity index (χ2n) is 7.14. The van der Waals surface area contributed by atoms with Crippen molar-refractivity contribution in [3.8, 4) is 0 Å². The molecule has 4 unspecified atom stereocenters. The molecule has 2 N–H and O–H groups in total.